The van der Waals surface area contributed by atoms with E-state index in [1.54, 1.807) is 6.20 Å². The lowest BCUT2D eigenvalue weighted by Crippen LogP contribution is -2.40. The van der Waals surface area contributed by atoms with E-state index in [0.29, 0.717) is 25.9 Å². The molecule has 1 aliphatic rings. The van der Waals surface area contributed by atoms with Gasteiger partial charge in [0.25, 0.3) is 0 Å². The number of hydrogen-bond acceptors (Lipinski definition) is 4. The zero-order valence-corrected chi connectivity index (χ0v) is 14.2. The number of carbonyl (C=O) groups excluding carboxylic acids is 1. The highest BCUT2D eigenvalue weighted by Crippen LogP contribution is 2.16. The summed E-state index contributed by atoms with van der Waals surface area (Å²) in [7, 11) is 0. The molecular formula is C19H22N4O2. The molecule has 2 heterocycles. The van der Waals surface area contributed by atoms with Crippen molar-refractivity contribution in [3.8, 4) is 0 Å². The highest BCUT2D eigenvalue weighted by molar-refractivity contribution is 6.01. The van der Waals surface area contributed by atoms with Crippen LogP contribution in [-0.2, 0) is 11.3 Å². The Bertz CT molecular complexity index is 729. The molecule has 0 spiro atoms. The Balaban J connectivity index is 1.35. The number of amides is 2. The van der Waals surface area contributed by atoms with E-state index >= 15 is 0 Å². The minimum Gasteiger partial charge on any atom is -0.390 e. The van der Waals surface area contributed by atoms with Gasteiger partial charge in [-0.2, -0.15) is 0 Å². The van der Waals surface area contributed by atoms with Gasteiger partial charge in [0.05, 0.1) is 12.3 Å². The van der Waals surface area contributed by atoms with Gasteiger partial charge in [-0.3, -0.25) is 4.98 Å². The van der Waals surface area contributed by atoms with Gasteiger partial charge in [-0.15, -0.1) is 0 Å². The first-order chi connectivity index (χ1) is 12.2. The first kappa shape index (κ1) is 17.0. The van der Waals surface area contributed by atoms with Crippen LogP contribution >= 0.6 is 0 Å². The molecule has 1 unspecified atom stereocenters. The van der Waals surface area contributed by atoms with Crippen molar-refractivity contribution < 1.29 is 9.63 Å². The molecule has 130 valence electrons. The van der Waals surface area contributed by atoms with Crippen LogP contribution in [-0.4, -0.2) is 35.9 Å². The normalized spacial score (nSPS) is 16.0. The molecule has 0 radical (unpaired) electrons. The van der Waals surface area contributed by atoms with E-state index < -0.39 is 0 Å². The number of nitrogens with zero attached hydrogens (tertiary/aromatic N) is 2. The van der Waals surface area contributed by atoms with E-state index in [2.05, 4.69) is 39.8 Å². The van der Waals surface area contributed by atoms with Crippen LogP contribution in [0.15, 0.2) is 53.8 Å². The standard InChI is InChI=1S/C19H22N4O2/c1-14-5-7-15(8-6-14)18-12-17(25-23-18)13-22-19(24)21-11-9-16-4-2-3-10-20-16/h2-8,10,17H,9,11-13H2,1H3,(H2,21,22,24). The second-order valence-electron chi connectivity index (χ2n) is 6.04. The lowest BCUT2D eigenvalue weighted by molar-refractivity contribution is 0.0865. The summed E-state index contributed by atoms with van der Waals surface area (Å²) >= 11 is 0. The Kier molecular flexibility index (Phi) is 5.61. The molecule has 2 amide bonds. The minimum atomic E-state index is -0.205. The van der Waals surface area contributed by atoms with Gasteiger partial charge >= 0.3 is 6.03 Å². The molecule has 1 aromatic carbocycles. The fraction of sp³-hybridized carbons (Fsp3) is 0.316. The van der Waals surface area contributed by atoms with E-state index in [0.717, 1.165) is 17.0 Å². The van der Waals surface area contributed by atoms with E-state index in [9.17, 15) is 4.79 Å². The summed E-state index contributed by atoms with van der Waals surface area (Å²) in [4.78, 5) is 21.5. The van der Waals surface area contributed by atoms with Crippen LogP contribution in [0.1, 0.15) is 23.2 Å². The SMILES string of the molecule is Cc1ccc(C2=NOC(CNC(=O)NCCc3ccccn3)C2)cc1. The predicted molar refractivity (Wildman–Crippen MR) is 96.5 cm³/mol. The monoisotopic (exact) mass is 338 g/mol. The average Bonchev–Trinajstić information content (AvgIpc) is 3.10. The molecule has 0 aliphatic carbocycles. The molecule has 3 rings (SSSR count). The quantitative estimate of drug-likeness (QED) is 0.849. The first-order valence-electron chi connectivity index (χ1n) is 8.42. The fourth-order valence-electron chi connectivity index (χ4n) is 2.57. The maximum Gasteiger partial charge on any atom is 0.314 e. The number of hydrogen-bond donors (Lipinski definition) is 2. The second-order valence-corrected chi connectivity index (χ2v) is 6.04. The first-order valence-corrected chi connectivity index (χ1v) is 8.42. The zero-order chi connectivity index (χ0) is 17.5. The number of benzene rings is 1. The van der Waals surface area contributed by atoms with Crippen molar-refractivity contribution in [2.75, 3.05) is 13.1 Å². The Morgan fingerprint density at radius 1 is 1.20 bits per heavy atom. The molecule has 6 nitrogen and oxygen atoms in total. The van der Waals surface area contributed by atoms with Crippen molar-refractivity contribution in [3.63, 3.8) is 0 Å². The summed E-state index contributed by atoms with van der Waals surface area (Å²) < 4.78 is 0. The Morgan fingerprint density at radius 3 is 2.80 bits per heavy atom. The largest absolute Gasteiger partial charge is 0.390 e. The number of carbonyl (C=O) groups is 1. The van der Waals surface area contributed by atoms with E-state index in [-0.39, 0.29) is 12.1 Å². The number of urea groups is 1. The number of pyridine rings is 1. The summed E-state index contributed by atoms with van der Waals surface area (Å²) in [6.45, 7) is 3.02. The number of aromatic nitrogens is 1. The fourth-order valence-corrected chi connectivity index (χ4v) is 2.57. The maximum absolute atomic E-state index is 11.8. The maximum atomic E-state index is 11.8. The van der Waals surface area contributed by atoms with Crippen LogP contribution < -0.4 is 10.6 Å². The van der Waals surface area contributed by atoms with E-state index in [1.165, 1.54) is 5.56 Å². The highest BCUT2D eigenvalue weighted by atomic mass is 16.6. The Hall–Kier alpha value is -2.89. The number of oxime groups is 1. The van der Waals surface area contributed by atoms with Crippen LogP contribution in [0.2, 0.25) is 0 Å². The summed E-state index contributed by atoms with van der Waals surface area (Å²) in [6.07, 6.45) is 3.02. The molecule has 0 saturated heterocycles. The summed E-state index contributed by atoms with van der Waals surface area (Å²) in [5, 5.41) is 9.78. The number of aryl methyl sites for hydroxylation is 1. The van der Waals surface area contributed by atoms with Gasteiger partial charge in [-0.25, -0.2) is 4.79 Å². The minimum absolute atomic E-state index is 0.127. The van der Waals surface area contributed by atoms with Crippen molar-refractivity contribution in [1.82, 2.24) is 15.6 Å². The van der Waals surface area contributed by atoms with Gasteiger partial charge in [-0.05, 0) is 24.6 Å². The molecule has 0 bridgehead atoms. The molecule has 1 aromatic heterocycles. The molecule has 2 N–H and O–H groups in total. The number of rotatable bonds is 6. The molecule has 0 fully saturated rings. The Morgan fingerprint density at radius 2 is 2.04 bits per heavy atom. The molecular weight excluding hydrogens is 316 g/mol. The number of nitrogens with one attached hydrogen (secondary N) is 2. The van der Waals surface area contributed by atoms with Gasteiger partial charge < -0.3 is 15.5 Å². The van der Waals surface area contributed by atoms with Crippen LogP contribution in [0, 0.1) is 6.92 Å². The molecule has 1 atom stereocenters. The molecule has 25 heavy (non-hydrogen) atoms. The van der Waals surface area contributed by atoms with Gasteiger partial charge in [0.1, 0.15) is 0 Å². The van der Waals surface area contributed by atoms with E-state index in [4.69, 9.17) is 4.84 Å². The summed E-state index contributed by atoms with van der Waals surface area (Å²) in [5.74, 6) is 0. The summed E-state index contributed by atoms with van der Waals surface area (Å²) in [6, 6.07) is 13.7. The average molecular weight is 338 g/mol. The topological polar surface area (TPSA) is 75.6 Å². The van der Waals surface area contributed by atoms with Gasteiger partial charge in [0.15, 0.2) is 6.10 Å². The van der Waals surface area contributed by atoms with Gasteiger partial charge in [0, 0.05) is 31.3 Å². The van der Waals surface area contributed by atoms with Crippen LogP contribution in [0.3, 0.4) is 0 Å². The highest BCUT2D eigenvalue weighted by Gasteiger charge is 2.22. The van der Waals surface area contributed by atoms with Crippen molar-refractivity contribution in [3.05, 3.63) is 65.5 Å². The lowest BCUT2D eigenvalue weighted by atomic mass is 10.0. The van der Waals surface area contributed by atoms with Crippen LogP contribution in [0.25, 0.3) is 0 Å². The lowest BCUT2D eigenvalue weighted by Gasteiger charge is -2.11. The van der Waals surface area contributed by atoms with Gasteiger partial charge in [0.2, 0.25) is 0 Å². The smallest absolute Gasteiger partial charge is 0.314 e. The molecule has 1 aliphatic heterocycles. The van der Waals surface area contributed by atoms with Crippen molar-refractivity contribution >= 4 is 11.7 Å². The zero-order valence-electron chi connectivity index (χ0n) is 14.2. The predicted octanol–water partition coefficient (Wildman–Crippen LogP) is 2.42. The van der Waals surface area contributed by atoms with Crippen LogP contribution in [0.5, 0.6) is 0 Å². The summed E-state index contributed by atoms with van der Waals surface area (Å²) in [5.41, 5.74) is 4.15. The third-order valence-corrected chi connectivity index (χ3v) is 4.00. The van der Waals surface area contributed by atoms with E-state index in [1.807, 2.05) is 30.3 Å². The molecule has 6 heteroatoms. The van der Waals surface area contributed by atoms with Crippen molar-refractivity contribution in [2.45, 2.75) is 25.9 Å². The van der Waals surface area contributed by atoms with Crippen molar-refractivity contribution in [2.24, 2.45) is 5.16 Å². The van der Waals surface area contributed by atoms with Crippen LogP contribution in [0.4, 0.5) is 4.79 Å². The molecule has 0 saturated carbocycles. The third-order valence-electron chi connectivity index (χ3n) is 4.00. The second kappa shape index (κ2) is 8.28. The van der Waals surface area contributed by atoms with Crippen molar-refractivity contribution in [1.29, 1.82) is 0 Å². The van der Waals surface area contributed by atoms with Gasteiger partial charge in [-0.1, -0.05) is 41.1 Å². The third kappa shape index (κ3) is 5.04. The Labute approximate surface area is 147 Å². The molecule has 2 aromatic rings.